The van der Waals surface area contributed by atoms with Crippen molar-refractivity contribution in [1.82, 2.24) is 10.3 Å². The molecule has 1 aromatic carbocycles. The Bertz CT molecular complexity index is 912. The van der Waals surface area contributed by atoms with E-state index in [-0.39, 0.29) is 32.0 Å². The minimum absolute atomic E-state index is 0.0300. The zero-order valence-corrected chi connectivity index (χ0v) is 16.0. The monoisotopic (exact) mass is 408 g/mol. The van der Waals surface area contributed by atoms with Crippen molar-refractivity contribution in [2.24, 2.45) is 5.92 Å². The fourth-order valence-electron chi connectivity index (χ4n) is 3.53. The summed E-state index contributed by atoms with van der Waals surface area (Å²) < 4.78 is 43.7. The molecule has 0 radical (unpaired) electrons. The number of hydrogen-bond acceptors (Lipinski definition) is 4. The molecular formula is C21H23F3N2O3. The van der Waals surface area contributed by atoms with Gasteiger partial charge in [0.2, 0.25) is 0 Å². The van der Waals surface area contributed by atoms with Gasteiger partial charge >= 0.3 is 6.18 Å². The number of rotatable bonds is 6. The number of carbonyl (C=O) groups excluding carboxylic acids is 1. The quantitative estimate of drug-likeness (QED) is 0.764. The van der Waals surface area contributed by atoms with Gasteiger partial charge in [-0.1, -0.05) is 24.3 Å². The van der Waals surface area contributed by atoms with Crippen molar-refractivity contribution in [1.29, 1.82) is 0 Å². The molecule has 2 atom stereocenters. The molecule has 1 aliphatic carbocycles. The molecule has 0 saturated carbocycles. The molecule has 0 aliphatic heterocycles. The van der Waals surface area contributed by atoms with Crippen LogP contribution in [0.4, 0.5) is 13.2 Å². The van der Waals surface area contributed by atoms with Gasteiger partial charge in [0.05, 0.1) is 36.3 Å². The van der Waals surface area contributed by atoms with E-state index >= 15 is 0 Å². The summed E-state index contributed by atoms with van der Waals surface area (Å²) in [7, 11) is 1.48. The Morgan fingerprint density at radius 2 is 2.21 bits per heavy atom. The average Bonchev–Trinajstić information content (AvgIpc) is 2.72. The molecule has 29 heavy (non-hydrogen) atoms. The largest absolute Gasteiger partial charge is 0.394 e. The molecule has 2 unspecified atom stereocenters. The number of amides is 1. The lowest BCUT2D eigenvalue weighted by Crippen LogP contribution is -2.40. The second-order valence-corrected chi connectivity index (χ2v) is 7.15. The van der Waals surface area contributed by atoms with Crippen molar-refractivity contribution < 1.29 is 27.8 Å². The summed E-state index contributed by atoms with van der Waals surface area (Å²) in [6.45, 7) is -0.0711. The lowest BCUT2D eigenvalue weighted by Gasteiger charge is -2.24. The van der Waals surface area contributed by atoms with Gasteiger partial charge in [0.25, 0.3) is 5.91 Å². The fourth-order valence-corrected chi connectivity index (χ4v) is 3.53. The highest BCUT2D eigenvalue weighted by Crippen LogP contribution is 2.40. The van der Waals surface area contributed by atoms with Crippen LogP contribution in [0.3, 0.4) is 0 Å². The van der Waals surface area contributed by atoms with Crippen LogP contribution >= 0.6 is 0 Å². The standard InChI is InChI=1S/C21H23F3N2O3/c1-29-12-17(11-27)26-20(28)15-9-14-3-2-4-18(19(14)25-10-15)13-5-7-16(8-6-13)21(22,23)24/h2-5,9-10,16-17,27H,6-8,11-12H2,1H3,(H,26,28). The van der Waals surface area contributed by atoms with Gasteiger partial charge in [-0.25, -0.2) is 0 Å². The first-order valence-electron chi connectivity index (χ1n) is 9.39. The topological polar surface area (TPSA) is 71.5 Å². The van der Waals surface area contributed by atoms with E-state index in [0.29, 0.717) is 17.5 Å². The van der Waals surface area contributed by atoms with E-state index in [1.807, 2.05) is 12.1 Å². The SMILES string of the molecule is COCC(CO)NC(=O)c1cnc2c(C3=CCC(C(F)(F)F)CC3)cccc2c1. The summed E-state index contributed by atoms with van der Waals surface area (Å²) >= 11 is 0. The average molecular weight is 408 g/mol. The van der Waals surface area contributed by atoms with Gasteiger partial charge < -0.3 is 15.2 Å². The number of pyridine rings is 1. The van der Waals surface area contributed by atoms with Crippen LogP contribution in [0, 0.1) is 5.92 Å². The lowest BCUT2D eigenvalue weighted by molar-refractivity contribution is -0.175. The van der Waals surface area contributed by atoms with E-state index in [9.17, 15) is 23.1 Å². The Morgan fingerprint density at radius 1 is 1.41 bits per heavy atom. The summed E-state index contributed by atoms with van der Waals surface area (Å²) in [6, 6.07) is 6.62. The normalized spacial score (nSPS) is 18.4. The number of nitrogens with one attached hydrogen (secondary N) is 1. The molecule has 1 aliphatic rings. The van der Waals surface area contributed by atoms with Crippen LogP contribution in [-0.4, -0.2) is 48.5 Å². The first-order valence-corrected chi connectivity index (χ1v) is 9.39. The summed E-state index contributed by atoms with van der Waals surface area (Å²) in [5.41, 5.74) is 2.62. The minimum Gasteiger partial charge on any atom is -0.394 e. The fraction of sp³-hybridized carbons (Fsp3) is 0.429. The maximum atomic E-state index is 12.9. The van der Waals surface area contributed by atoms with Crippen LogP contribution in [0.5, 0.6) is 0 Å². The summed E-state index contributed by atoms with van der Waals surface area (Å²) in [4.78, 5) is 16.8. The predicted molar refractivity (Wildman–Crippen MR) is 103 cm³/mol. The second kappa shape index (κ2) is 8.92. The van der Waals surface area contributed by atoms with Crippen molar-refractivity contribution in [2.45, 2.75) is 31.5 Å². The molecule has 2 N–H and O–H groups in total. The zero-order chi connectivity index (χ0) is 21.0. The number of hydrogen-bond donors (Lipinski definition) is 2. The molecule has 1 aromatic heterocycles. The van der Waals surface area contributed by atoms with Crippen molar-refractivity contribution in [3.63, 3.8) is 0 Å². The molecule has 3 rings (SSSR count). The molecule has 0 spiro atoms. The van der Waals surface area contributed by atoms with Crippen LogP contribution in [-0.2, 0) is 4.74 Å². The number of fused-ring (bicyclic) bond motifs is 1. The Balaban J connectivity index is 1.84. The van der Waals surface area contributed by atoms with Gasteiger partial charge in [-0.05, 0) is 30.9 Å². The molecule has 0 saturated heterocycles. The lowest BCUT2D eigenvalue weighted by atomic mass is 9.85. The smallest absolute Gasteiger partial charge is 0.392 e. The summed E-state index contributed by atoms with van der Waals surface area (Å²) in [6.07, 6.45) is -0.718. The Labute approximate surface area is 166 Å². The Hall–Kier alpha value is -2.45. The number of aliphatic hydroxyl groups excluding tert-OH is 1. The van der Waals surface area contributed by atoms with E-state index in [1.54, 1.807) is 18.2 Å². The summed E-state index contributed by atoms with van der Waals surface area (Å²) in [5, 5.41) is 12.7. The molecule has 1 heterocycles. The van der Waals surface area contributed by atoms with E-state index < -0.39 is 18.1 Å². The molecule has 2 aromatic rings. The minimum atomic E-state index is -4.17. The molecular weight excluding hydrogens is 385 g/mol. The summed E-state index contributed by atoms with van der Waals surface area (Å²) in [5.74, 6) is -1.68. The number of aromatic nitrogens is 1. The van der Waals surface area contributed by atoms with Crippen molar-refractivity contribution in [2.75, 3.05) is 20.3 Å². The third kappa shape index (κ3) is 4.94. The van der Waals surface area contributed by atoms with Gasteiger partial charge in [-0.15, -0.1) is 0 Å². The highest BCUT2D eigenvalue weighted by atomic mass is 19.4. The van der Waals surface area contributed by atoms with Crippen LogP contribution in [0.2, 0.25) is 0 Å². The Morgan fingerprint density at radius 3 is 2.83 bits per heavy atom. The van der Waals surface area contributed by atoms with Gasteiger partial charge in [0.1, 0.15) is 0 Å². The number of aliphatic hydroxyl groups is 1. The third-order valence-corrected chi connectivity index (χ3v) is 5.12. The van der Waals surface area contributed by atoms with E-state index in [0.717, 1.165) is 16.5 Å². The van der Waals surface area contributed by atoms with Gasteiger partial charge in [-0.3, -0.25) is 9.78 Å². The van der Waals surface area contributed by atoms with E-state index in [1.165, 1.54) is 13.3 Å². The van der Waals surface area contributed by atoms with Crippen molar-refractivity contribution in [3.05, 3.63) is 47.7 Å². The van der Waals surface area contributed by atoms with Crippen molar-refractivity contribution >= 4 is 22.4 Å². The van der Waals surface area contributed by atoms with Crippen LogP contribution in [0.1, 0.15) is 35.2 Å². The highest BCUT2D eigenvalue weighted by Gasteiger charge is 2.39. The number of halogens is 3. The number of methoxy groups -OCH3 is 1. The second-order valence-electron chi connectivity index (χ2n) is 7.15. The maximum absolute atomic E-state index is 12.9. The number of nitrogens with zero attached hydrogens (tertiary/aromatic N) is 1. The number of allylic oxidation sites excluding steroid dienone is 2. The number of benzene rings is 1. The molecule has 156 valence electrons. The number of alkyl halides is 3. The molecule has 0 fully saturated rings. The number of ether oxygens (including phenoxy) is 1. The van der Waals surface area contributed by atoms with Crippen LogP contribution in [0.15, 0.2) is 36.5 Å². The van der Waals surface area contributed by atoms with Gasteiger partial charge in [-0.2, -0.15) is 13.2 Å². The number of para-hydroxylation sites is 1. The predicted octanol–water partition coefficient (Wildman–Crippen LogP) is 3.72. The molecule has 1 amide bonds. The van der Waals surface area contributed by atoms with E-state index in [2.05, 4.69) is 10.3 Å². The van der Waals surface area contributed by atoms with Crippen LogP contribution in [0.25, 0.3) is 16.5 Å². The van der Waals surface area contributed by atoms with Crippen LogP contribution < -0.4 is 5.32 Å². The zero-order valence-electron chi connectivity index (χ0n) is 16.0. The van der Waals surface area contributed by atoms with E-state index in [4.69, 9.17) is 4.74 Å². The van der Waals surface area contributed by atoms with Gasteiger partial charge in [0.15, 0.2) is 0 Å². The maximum Gasteiger partial charge on any atom is 0.392 e. The van der Waals surface area contributed by atoms with Gasteiger partial charge in [0, 0.05) is 24.3 Å². The molecule has 0 bridgehead atoms. The molecule has 8 heteroatoms. The highest BCUT2D eigenvalue weighted by molar-refractivity contribution is 5.99. The third-order valence-electron chi connectivity index (χ3n) is 5.12. The first kappa shape index (κ1) is 21.3. The number of carbonyl (C=O) groups is 1. The Kier molecular flexibility index (Phi) is 6.54. The molecule has 5 nitrogen and oxygen atoms in total. The van der Waals surface area contributed by atoms with Crippen molar-refractivity contribution in [3.8, 4) is 0 Å². The first-order chi connectivity index (χ1) is 13.8.